The first-order chi connectivity index (χ1) is 8.79. The van der Waals surface area contributed by atoms with Crippen LogP contribution in [0.5, 0.6) is 0 Å². The van der Waals surface area contributed by atoms with E-state index in [4.69, 9.17) is 10.8 Å². The molecule has 0 saturated heterocycles. The summed E-state index contributed by atoms with van der Waals surface area (Å²) in [5.74, 6) is -0.904. The van der Waals surface area contributed by atoms with E-state index in [9.17, 15) is 18.0 Å². The number of anilines is 2. The monoisotopic (exact) mass is 277 g/mol. The minimum atomic E-state index is -4.14. The highest BCUT2D eigenvalue weighted by atomic mass is 19.4. The van der Waals surface area contributed by atoms with Gasteiger partial charge in [0.15, 0.2) is 0 Å². The molecule has 1 aromatic heterocycles. The van der Waals surface area contributed by atoms with Gasteiger partial charge in [0.2, 0.25) is 0 Å². The first kappa shape index (κ1) is 15.1. The van der Waals surface area contributed by atoms with E-state index < -0.39 is 18.6 Å². The first-order valence-electron chi connectivity index (χ1n) is 5.59. The summed E-state index contributed by atoms with van der Waals surface area (Å²) in [6.45, 7) is 0.284. The highest BCUT2D eigenvalue weighted by Crippen LogP contribution is 2.22. The Labute approximate surface area is 107 Å². The summed E-state index contributed by atoms with van der Waals surface area (Å²) in [4.78, 5) is 14.6. The third-order valence-corrected chi connectivity index (χ3v) is 2.36. The van der Waals surface area contributed by atoms with Crippen LogP contribution in [0.15, 0.2) is 12.3 Å². The van der Waals surface area contributed by atoms with Gasteiger partial charge in [-0.05, 0) is 18.9 Å². The highest BCUT2D eigenvalue weighted by molar-refractivity contribution is 5.94. The zero-order chi connectivity index (χ0) is 14.5. The molecule has 1 aromatic rings. The second-order valence-electron chi connectivity index (χ2n) is 3.96. The van der Waals surface area contributed by atoms with Crippen molar-refractivity contribution in [3.8, 4) is 0 Å². The molecule has 0 radical (unpaired) electrons. The highest BCUT2D eigenvalue weighted by Gasteiger charge is 2.25. The van der Waals surface area contributed by atoms with Crippen LogP contribution >= 0.6 is 0 Å². The van der Waals surface area contributed by atoms with E-state index >= 15 is 0 Å². The molecule has 0 fully saturated rings. The molecule has 0 bridgehead atoms. The van der Waals surface area contributed by atoms with Crippen LogP contribution in [-0.4, -0.2) is 28.8 Å². The molecule has 1 heterocycles. The Morgan fingerprint density at radius 3 is 2.68 bits per heavy atom. The number of hydrogen-bond acceptors (Lipinski definition) is 4. The van der Waals surface area contributed by atoms with Crippen LogP contribution < -0.4 is 11.1 Å². The second kappa shape index (κ2) is 6.26. The molecule has 19 heavy (non-hydrogen) atoms. The van der Waals surface area contributed by atoms with Crippen molar-refractivity contribution < 1.29 is 23.1 Å². The average molecular weight is 277 g/mol. The molecule has 0 aromatic carbocycles. The molecule has 5 nitrogen and oxygen atoms in total. The number of nitrogen functional groups attached to an aromatic ring is 1. The Balaban J connectivity index is 2.42. The van der Waals surface area contributed by atoms with Crippen molar-refractivity contribution in [3.05, 3.63) is 17.8 Å². The van der Waals surface area contributed by atoms with Crippen LogP contribution in [0, 0.1) is 0 Å². The third-order valence-electron chi connectivity index (χ3n) is 2.36. The Kier molecular flexibility index (Phi) is 4.96. The Morgan fingerprint density at radius 2 is 2.11 bits per heavy atom. The fraction of sp³-hybridized carbons (Fsp3) is 0.455. The number of alkyl halides is 3. The fourth-order valence-electron chi connectivity index (χ4n) is 1.41. The van der Waals surface area contributed by atoms with Crippen LogP contribution in [-0.2, 0) is 0 Å². The summed E-state index contributed by atoms with van der Waals surface area (Å²) < 4.78 is 35.6. The molecule has 0 saturated carbocycles. The SMILES string of the molecule is Nc1cnc(NCCCCC(F)(F)F)cc1C(=O)O. The predicted octanol–water partition coefficient (Wildman–Crippen LogP) is 2.51. The van der Waals surface area contributed by atoms with E-state index in [1.165, 1.54) is 12.3 Å². The van der Waals surface area contributed by atoms with Gasteiger partial charge in [-0.15, -0.1) is 0 Å². The number of pyridine rings is 1. The summed E-state index contributed by atoms with van der Waals surface area (Å²) in [5, 5.41) is 11.6. The molecule has 0 aliphatic carbocycles. The van der Waals surface area contributed by atoms with Gasteiger partial charge in [0.1, 0.15) is 5.82 Å². The average Bonchev–Trinajstić information content (AvgIpc) is 2.29. The molecule has 1 rings (SSSR count). The van der Waals surface area contributed by atoms with Crippen molar-refractivity contribution in [2.45, 2.75) is 25.4 Å². The van der Waals surface area contributed by atoms with Gasteiger partial charge in [-0.3, -0.25) is 0 Å². The lowest BCUT2D eigenvalue weighted by molar-refractivity contribution is -0.135. The van der Waals surface area contributed by atoms with Crippen molar-refractivity contribution in [3.63, 3.8) is 0 Å². The number of halogens is 3. The maximum absolute atomic E-state index is 11.9. The van der Waals surface area contributed by atoms with Crippen LogP contribution in [0.1, 0.15) is 29.6 Å². The standard InChI is InChI=1S/C11H14F3N3O2/c12-11(13,14)3-1-2-4-16-9-5-7(10(18)19)8(15)6-17-9/h5-6H,1-4,15H2,(H,16,17)(H,18,19). The van der Waals surface area contributed by atoms with Crippen LogP contribution in [0.2, 0.25) is 0 Å². The van der Waals surface area contributed by atoms with Gasteiger partial charge in [-0.25, -0.2) is 9.78 Å². The molecule has 8 heteroatoms. The van der Waals surface area contributed by atoms with E-state index in [2.05, 4.69) is 10.3 Å². The van der Waals surface area contributed by atoms with Crippen LogP contribution in [0.4, 0.5) is 24.7 Å². The van der Waals surface area contributed by atoms with Crippen molar-refractivity contribution in [2.75, 3.05) is 17.6 Å². The van der Waals surface area contributed by atoms with Crippen LogP contribution in [0.3, 0.4) is 0 Å². The fourth-order valence-corrected chi connectivity index (χ4v) is 1.41. The van der Waals surface area contributed by atoms with Gasteiger partial charge in [-0.2, -0.15) is 13.2 Å². The smallest absolute Gasteiger partial charge is 0.389 e. The topological polar surface area (TPSA) is 88.2 Å². The zero-order valence-corrected chi connectivity index (χ0v) is 10.00. The molecule has 0 spiro atoms. The van der Waals surface area contributed by atoms with Gasteiger partial charge < -0.3 is 16.2 Å². The number of carbonyl (C=O) groups is 1. The van der Waals surface area contributed by atoms with Gasteiger partial charge >= 0.3 is 12.1 Å². The van der Waals surface area contributed by atoms with Crippen molar-refractivity contribution in [1.82, 2.24) is 4.98 Å². The quantitative estimate of drug-likeness (QED) is 0.695. The molecule has 4 N–H and O–H groups in total. The molecule has 0 aliphatic rings. The number of unbranched alkanes of at least 4 members (excludes halogenated alkanes) is 1. The molecule has 0 atom stereocenters. The Morgan fingerprint density at radius 1 is 1.42 bits per heavy atom. The summed E-state index contributed by atoms with van der Waals surface area (Å²) >= 11 is 0. The largest absolute Gasteiger partial charge is 0.478 e. The summed E-state index contributed by atoms with van der Waals surface area (Å²) in [7, 11) is 0. The van der Waals surface area contributed by atoms with E-state index in [0.717, 1.165) is 0 Å². The van der Waals surface area contributed by atoms with Gasteiger partial charge in [-0.1, -0.05) is 0 Å². The maximum atomic E-state index is 11.9. The van der Waals surface area contributed by atoms with E-state index in [1.54, 1.807) is 0 Å². The number of aromatic nitrogens is 1. The number of aromatic carboxylic acids is 1. The van der Waals surface area contributed by atoms with Gasteiger partial charge in [0, 0.05) is 13.0 Å². The zero-order valence-electron chi connectivity index (χ0n) is 10.00. The summed E-state index contributed by atoms with van der Waals surface area (Å²) in [5.41, 5.74) is 5.37. The molecule has 106 valence electrons. The summed E-state index contributed by atoms with van der Waals surface area (Å²) in [6.07, 6.45) is -3.45. The van der Waals surface area contributed by atoms with E-state index in [0.29, 0.717) is 6.42 Å². The first-order valence-corrected chi connectivity index (χ1v) is 5.59. The summed E-state index contributed by atoms with van der Waals surface area (Å²) in [6, 6.07) is 1.25. The minimum Gasteiger partial charge on any atom is -0.478 e. The number of rotatable bonds is 6. The minimum absolute atomic E-state index is 0.0112. The predicted molar refractivity (Wildman–Crippen MR) is 64.0 cm³/mol. The number of nitrogens with zero attached hydrogens (tertiary/aromatic N) is 1. The number of carboxylic acid groups (broad SMARTS) is 1. The number of hydrogen-bond donors (Lipinski definition) is 3. The molecular formula is C11H14F3N3O2. The van der Waals surface area contributed by atoms with Gasteiger partial charge in [0.05, 0.1) is 17.4 Å². The number of carboxylic acids is 1. The van der Waals surface area contributed by atoms with Crippen LogP contribution in [0.25, 0.3) is 0 Å². The molecule has 0 amide bonds. The van der Waals surface area contributed by atoms with Crippen molar-refractivity contribution in [1.29, 1.82) is 0 Å². The lowest BCUT2D eigenvalue weighted by Gasteiger charge is -2.08. The number of nitrogens with two attached hydrogens (primary N) is 1. The normalized spacial score (nSPS) is 11.3. The lowest BCUT2D eigenvalue weighted by Crippen LogP contribution is -2.10. The van der Waals surface area contributed by atoms with Gasteiger partial charge in [0.25, 0.3) is 0 Å². The Hall–Kier alpha value is -1.99. The van der Waals surface area contributed by atoms with E-state index in [1.807, 2.05) is 0 Å². The van der Waals surface area contributed by atoms with Crippen molar-refractivity contribution >= 4 is 17.5 Å². The lowest BCUT2D eigenvalue weighted by atomic mass is 10.2. The molecule has 0 unspecified atom stereocenters. The maximum Gasteiger partial charge on any atom is 0.389 e. The number of nitrogens with one attached hydrogen (secondary N) is 1. The molecular weight excluding hydrogens is 263 g/mol. The Bertz CT molecular complexity index is 449. The third kappa shape index (κ3) is 5.45. The molecule has 0 aliphatic heterocycles. The van der Waals surface area contributed by atoms with E-state index in [-0.39, 0.29) is 30.0 Å². The van der Waals surface area contributed by atoms with Crippen molar-refractivity contribution in [2.24, 2.45) is 0 Å². The second-order valence-corrected chi connectivity index (χ2v) is 3.96.